The van der Waals surface area contributed by atoms with Crippen LogP contribution in [-0.2, 0) is 0 Å². The Morgan fingerprint density at radius 2 is 2.18 bits per heavy atom. The van der Waals surface area contributed by atoms with Crippen LogP contribution in [0.2, 0.25) is 0 Å². The molecule has 0 unspecified atom stereocenters. The molecule has 0 aliphatic rings. The molecule has 0 atom stereocenters. The van der Waals surface area contributed by atoms with Crippen LogP contribution in [0.25, 0.3) is 0 Å². The highest BCUT2D eigenvalue weighted by molar-refractivity contribution is 5.93. The number of nitrogens with two attached hydrogens (primary N) is 1. The number of hydrogen-bond acceptors (Lipinski definition) is 2. The van der Waals surface area contributed by atoms with Crippen molar-refractivity contribution in [1.29, 1.82) is 5.41 Å². The van der Waals surface area contributed by atoms with Crippen molar-refractivity contribution in [3.8, 4) is 0 Å². The molecule has 0 spiro atoms. The second kappa shape index (κ2) is 2.61. The lowest BCUT2D eigenvalue weighted by Gasteiger charge is -1.97. The van der Waals surface area contributed by atoms with Gasteiger partial charge >= 0.3 is 0 Å². The van der Waals surface area contributed by atoms with Crippen molar-refractivity contribution >= 4 is 5.84 Å². The van der Waals surface area contributed by atoms with E-state index in [2.05, 4.69) is 4.98 Å². The molecular weight excluding hydrogens is 152 g/mol. The van der Waals surface area contributed by atoms with Crippen molar-refractivity contribution in [2.45, 2.75) is 0 Å². The van der Waals surface area contributed by atoms with Gasteiger partial charge in [-0.1, -0.05) is 0 Å². The minimum Gasteiger partial charge on any atom is -0.382 e. The van der Waals surface area contributed by atoms with Crippen molar-refractivity contribution < 1.29 is 8.78 Å². The smallest absolute Gasteiger partial charge is 0.155 e. The lowest BCUT2D eigenvalue weighted by Crippen LogP contribution is -2.15. The minimum absolute atomic E-state index is 0.327. The molecule has 0 fully saturated rings. The second-order valence-corrected chi connectivity index (χ2v) is 1.90. The standard InChI is InChI=1S/C6H5F2N3/c7-3-1-4(8)5(6(9)10)11-2-3/h1-2H,(H3,9,10). The highest BCUT2D eigenvalue weighted by Crippen LogP contribution is 2.04. The average Bonchev–Trinajstić information content (AvgIpc) is 1.85. The molecule has 11 heavy (non-hydrogen) atoms. The molecule has 3 nitrogen and oxygen atoms in total. The molecule has 1 rings (SSSR count). The average molecular weight is 157 g/mol. The van der Waals surface area contributed by atoms with Gasteiger partial charge in [0, 0.05) is 6.07 Å². The molecule has 0 aliphatic heterocycles. The molecule has 0 aromatic carbocycles. The third-order valence-electron chi connectivity index (χ3n) is 1.06. The molecule has 1 aromatic rings. The Morgan fingerprint density at radius 1 is 1.55 bits per heavy atom. The van der Waals surface area contributed by atoms with Crippen LogP contribution < -0.4 is 5.73 Å². The van der Waals surface area contributed by atoms with E-state index in [1.54, 1.807) is 0 Å². The highest BCUT2D eigenvalue weighted by Gasteiger charge is 2.06. The Labute approximate surface area is 61.4 Å². The molecule has 5 heteroatoms. The van der Waals surface area contributed by atoms with Crippen LogP contribution in [0, 0.1) is 17.0 Å². The van der Waals surface area contributed by atoms with Gasteiger partial charge in [0.2, 0.25) is 0 Å². The third-order valence-corrected chi connectivity index (χ3v) is 1.06. The molecule has 0 amide bonds. The zero-order chi connectivity index (χ0) is 8.43. The fraction of sp³-hybridized carbons (Fsp3) is 0. The number of nitrogen functional groups attached to an aromatic ring is 1. The first-order chi connectivity index (χ1) is 5.11. The van der Waals surface area contributed by atoms with Gasteiger partial charge in [0.1, 0.15) is 17.3 Å². The van der Waals surface area contributed by atoms with E-state index < -0.39 is 17.5 Å². The van der Waals surface area contributed by atoms with Crippen LogP contribution in [-0.4, -0.2) is 10.8 Å². The SMILES string of the molecule is N=C(N)c1ncc(F)cc1F. The zero-order valence-electron chi connectivity index (χ0n) is 5.44. The number of hydrogen-bond donors (Lipinski definition) is 2. The molecule has 0 saturated heterocycles. The Bertz CT molecular complexity index is 298. The molecule has 1 heterocycles. The van der Waals surface area contributed by atoms with Gasteiger partial charge in [0.05, 0.1) is 6.20 Å². The fourth-order valence-electron chi connectivity index (χ4n) is 0.613. The monoisotopic (exact) mass is 157 g/mol. The van der Waals surface area contributed by atoms with Gasteiger partial charge < -0.3 is 5.73 Å². The number of amidine groups is 1. The third kappa shape index (κ3) is 1.49. The summed E-state index contributed by atoms with van der Waals surface area (Å²) in [7, 11) is 0. The van der Waals surface area contributed by atoms with Gasteiger partial charge in [-0.3, -0.25) is 5.41 Å². The van der Waals surface area contributed by atoms with Gasteiger partial charge in [0.15, 0.2) is 5.82 Å². The molecule has 0 saturated carbocycles. The zero-order valence-corrected chi connectivity index (χ0v) is 5.44. The number of pyridine rings is 1. The first-order valence-corrected chi connectivity index (χ1v) is 2.76. The van der Waals surface area contributed by atoms with Crippen LogP contribution in [0.1, 0.15) is 5.69 Å². The van der Waals surface area contributed by atoms with Gasteiger partial charge in [-0.2, -0.15) is 0 Å². The van der Waals surface area contributed by atoms with Crippen LogP contribution in [0.4, 0.5) is 8.78 Å². The van der Waals surface area contributed by atoms with Crippen molar-refractivity contribution in [3.63, 3.8) is 0 Å². The molecule has 0 radical (unpaired) electrons. The van der Waals surface area contributed by atoms with E-state index in [0.717, 1.165) is 6.20 Å². The van der Waals surface area contributed by atoms with E-state index in [0.29, 0.717) is 6.07 Å². The summed E-state index contributed by atoms with van der Waals surface area (Å²) in [5.74, 6) is -2.22. The molecule has 58 valence electrons. The largest absolute Gasteiger partial charge is 0.382 e. The Hall–Kier alpha value is -1.52. The van der Waals surface area contributed by atoms with E-state index in [1.807, 2.05) is 0 Å². The van der Waals surface area contributed by atoms with Crippen molar-refractivity contribution in [2.75, 3.05) is 0 Å². The summed E-state index contributed by atoms with van der Waals surface area (Å²) < 4.78 is 24.8. The van der Waals surface area contributed by atoms with Crippen LogP contribution in [0.3, 0.4) is 0 Å². The quantitative estimate of drug-likeness (QED) is 0.464. The number of nitrogens with zero attached hydrogens (tertiary/aromatic N) is 1. The lowest BCUT2D eigenvalue weighted by atomic mass is 10.3. The van der Waals surface area contributed by atoms with Gasteiger partial charge in [-0.15, -0.1) is 0 Å². The highest BCUT2D eigenvalue weighted by atomic mass is 19.1. The first kappa shape index (κ1) is 7.59. The summed E-state index contributed by atoms with van der Waals surface area (Å²) in [5.41, 5.74) is 4.60. The van der Waals surface area contributed by atoms with E-state index in [1.165, 1.54) is 0 Å². The Kier molecular flexibility index (Phi) is 1.80. The Morgan fingerprint density at radius 3 is 2.64 bits per heavy atom. The minimum atomic E-state index is -0.919. The maximum Gasteiger partial charge on any atom is 0.155 e. The maximum atomic E-state index is 12.6. The maximum absolute atomic E-state index is 12.6. The van der Waals surface area contributed by atoms with Crippen LogP contribution in [0.15, 0.2) is 12.3 Å². The van der Waals surface area contributed by atoms with E-state index in [9.17, 15) is 8.78 Å². The lowest BCUT2D eigenvalue weighted by molar-refractivity contribution is 0.570. The molecular formula is C6H5F2N3. The number of rotatable bonds is 1. The van der Waals surface area contributed by atoms with Crippen molar-refractivity contribution in [1.82, 2.24) is 4.98 Å². The summed E-state index contributed by atoms with van der Waals surface area (Å²) in [6.45, 7) is 0. The number of halogens is 2. The predicted octanol–water partition coefficient (Wildman–Crippen LogP) is 0.644. The molecule has 0 bridgehead atoms. The molecule has 1 aromatic heterocycles. The molecule has 3 N–H and O–H groups in total. The van der Waals surface area contributed by atoms with Crippen LogP contribution in [0.5, 0.6) is 0 Å². The second-order valence-electron chi connectivity index (χ2n) is 1.90. The van der Waals surface area contributed by atoms with Gasteiger partial charge in [-0.25, -0.2) is 13.8 Å². The van der Waals surface area contributed by atoms with E-state index in [4.69, 9.17) is 11.1 Å². The first-order valence-electron chi connectivity index (χ1n) is 2.76. The summed E-state index contributed by atoms with van der Waals surface area (Å²) >= 11 is 0. The topological polar surface area (TPSA) is 62.8 Å². The summed E-state index contributed by atoms with van der Waals surface area (Å²) in [4.78, 5) is 3.28. The van der Waals surface area contributed by atoms with Crippen molar-refractivity contribution in [2.24, 2.45) is 5.73 Å². The normalized spacial score (nSPS) is 9.64. The van der Waals surface area contributed by atoms with Gasteiger partial charge in [0.25, 0.3) is 0 Å². The van der Waals surface area contributed by atoms with Crippen LogP contribution >= 0.6 is 0 Å². The van der Waals surface area contributed by atoms with Crippen molar-refractivity contribution in [3.05, 3.63) is 29.6 Å². The summed E-state index contributed by atoms with van der Waals surface area (Å²) in [6, 6.07) is 0.629. The Balaban J connectivity index is 3.20. The number of aromatic nitrogens is 1. The van der Waals surface area contributed by atoms with E-state index >= 15 is 0 Å². The van der Waals surface area contributed by atoms with E-state index in [-0.39, 0.29) is 5.69 Å². The predicted molar refractivity (Wildman–Crippen MR) is 35.2 cm³/mol. The summed E-state index contributed by atoms with van der Waals surface area (Å²) in [5, 5.41) is 6.80. The number of nitrogens with one attached hydrogen (secondary N) is 1. The van der Waals surface area contributed by atoms with Gasteiger partial charge in [-0.05, 0) is 0 Å². The molecule has 0 aliphatic carbocycles. The summed E-state index contributed by atoms with van der Waals surface area (Å²) in [6.07, 6.45) is 0.805. The fourth-order valence-corrected chi connectivity index (χ4v) is 0.613.